The molecule has 0 fully saturated rings. The third-order valence-corrected chi connectivity index (χ3v) is 3.23. The molecule has 3 N–H and O–H groups in total. The summed E-state index contributed by atoms with van der Waals surface area (Å²) in [7, 11) is 1.78. The van der Waals surface area contributed by atoms with Gasteiger partial charge < -0.3 is 15.4 Å². The summed E-state index contributed by atoms with van der Waals surface area (Å²) < 4.78 is 2.33. The molecule has 0 atom stereocenters. The third-order valence-electron chi connectivity index (χ3n) is 3.23. The van der Waals surface area contributed by atoms with Crippen LogP contribution in [0, 0.1) is 6.92 Å². The molecule has 92 valence electrons. The first-order valence-electron chi connectivity index (χ1n) is 5.50. The summed E-state index contributed by atoms with van der Waals surface area (Å²) in [5.41, 5.74) is 1.78. The maximum absolute atomic E-state index is 12.0. The second-order valence-electron chi connectivity index (χ2n) is 4.41. The van der Waals surface area contributed by atoms with E-state index in [0.717, 1.165) is 16.5 Å². The summed E-state index contributed by atoms with van der Waals surface area (Å²) in [6, 6.07) is 5.82. The molecule has 18 heavy (non-hydrogen) atoms. The molecule has 0 unspecified atom stereocenters. The van der Waals surface area contributed by atoms with Gasteiger partial charge in [0.1, 0.15) is 5.52 Å². The van der Waals surface area contributed by atoms with E-state index in [0.29, 0.717) is 15.7 Å². The Hall–Kier alpha value is -2.50. The Balaban J connectivity index is 2.74. The number of rotatable bonds is 0. The van der Waals surface area contributed by atoms with Crippen LogP contribution in [0.1, 0.15) is 5.56 Å². The van der Waals surface area contributed by atoms with Gasteiger partial charge >= 0.3 is 5.69 Å². The van der Waals surface area contributed by atoms with E-state index in [9.17, 15) is 9.59 Å². The second kappa shape index (κ2) is 3.25. The van der Waals surface area contributed by atoms with Crippen molar-refractivity contribution in [3.8, 4) is 0 Å². The number of hydrogen-bond donors (Lipinski definition) is 2. The molecular formula is C12H12N4O2. The molecule has 6 nitrogen and oxygen atoms in total. The van der Waals surface area contributed by atoms with Crippen LogP contribution < -0.4 is 17.1 Å². The maximum atomic E-state index is 12.0. The monoisotopic (exact) mass is 244 g/mol. The van der Waals surface area contributed by atoms with Crippen molar-refractivity contribution in [1.29, 1.82) is 0 Å². The average molecular weight is 244 g/mol. The van der Waals surface area contributed by atoms with E-state index in [2.05, 4.69) is 4.98 Å². The fourth-order valence-electron chi connectivity index (χ4n) is 2.31. The van der Waals surface area contributed by atoms with E-state index >= 15 is 0 Å². The van der Waals surface area contributed by atoms with E-state index in [-0.39, 0.29) is 0 Å². The summed E-state index contributed by atoms with van der Waals surface area (Å²) in [4.78, 5) is 26.2. The molecule has 3 aromatic rings. The van der Waals surface area contributed by atoms with Crippen molar-refractivity contribution in [2.75, 3.05) is 5.84 Å². The lowest BCUT2D eigenvalue weighted by molar-refractivity contribution is 0.842. The Morgan fingerprint density at radius 3 is 2.72 bits per heavy atom. The standard InChI is InChI=1S/C12H12N4O2/c1-6-3-4-8-7(5-6)9-10(15(8)2)11(17)16(13)12(18)14-9/h3-5H,13H2,1-2H3,(H,14,18). The van der Waals surface area contributed by atoms with Gasteiger partial charge in [0.05, 0.1) is 11.0 Å². The number of nitrogens with two attached hydrogens (primary N) is 1. The smallest absolute Gasteiger partial charge is 0.338 e. The van der Waals surface area contributed by atoms with Gasteiger partial charge in [-0.05, 0) is 19.1 Å². The first-order chi connectivity index (χ1) is 8.50. The minimum Gasteiger partial charge on any atom is -0.338 e. The predicted octanol–water partition coefficient (Wildman–Crippen LogP) is 0.204. The van der Waals surface area contributed by atoms with Crippen LogP contribution in [0.5, 0.6) is 0 Å². The number of benzene rings is 1. The van der Waals surface area contributed by atoms with Gasteiger partial charge in [0.25, 0.3) is 5.56 Å². The van der Waals surface area contributed by atoms with E-state index < -0.39 is 11.2 Å². The number of nitrogen functional groups attached to an aromatic ring is 1. The van der Waals surface area contributed by atoms with Gasteiger partial charge in [0, 0.05) is 12.4 Å². The molecule has 1 aromatic carbocycles. The van der Waals surface area contributed by atoms with Crippen LogP contribution in [0.2, 0.25) is 0 Å². The van der Waals surface area contributed by atoms with Gasteiger partial charge in [-0.3, -0.25) is 4.79 Å². The minimum absolute atomic E-state index is 0.401. The minimum atomic E-state index is -0.610. The first-order valence-corrected chi connectivity index (χ1v) is 5.50. The molecule has 6 heteroatoms. The summed E-state index contributed by atoms with van der Waals surface area (Å²) in [5, 5.41) is 0.849. The summed E-state index contributed by atoms with van der Waals surface area (Å²) >= 11 is 0. The molecule has 2 heterocycles. The Labute approximate surface area is 101 Å². The lowest BCUT2D eigenvalue weighted by Gasteiger charge is -1.98. The van der Waals surface area contributed by atoms with Gasteiger partial charge in [-0.15, -0.1) is 0 Å². The fraction of sp³-hybridized carbons (Fsp3) is 0.167. The molecule has 2 aromatic heterocycles. The van der Waals surface area contributed by atoms with Gasteiger partial charge in [0.15, 0.2) is 0 Å². The van der Waals surface area contributed by atoms with Crippen LogP contribution in [-0.2, 0) is 7.05 Å². The van der Waals surface area contributed by atoms with Gasteiger partial charge in [-0.25, -0.2) is 4.79 Å². The van der Waals surface area contributed by atoms with Crippen LogP contribution in [-0.4, -0.2) is 14.2 Å². The second-order valence-corrected chi connectivity index (χ2v) is 4.41. The highest BCUT2D eigenvalue weighted by Gasteiger charge is 2.14. The number of aromatic amines is 1. The lowest BCUT2D eigenvalue weighted by atomic mass is 10.2. The number of aryl methyl sites for hydroxylation is 2. The largest absolute Gasteiger partial charge is 0.347 e. The molecule has 0 saturated heterocycles. The molecule has 0 bridgehead atoms. The van der Waals surface area contributed by atoms with E-state index in [1.807, 2.05) is 25.1 Å². The molecule has 0 radical (unpaired) electrons. The SMILES string of the molecule is Cc1ccc2c(c1)c1[nH]c(=O)n(N)c(=O)c1n2C. The van der Waals surface area contributed by atoms with Crippen molar-refractivity contribution < 1.29 is 0 Å². The van der Waals surface area contributed by atoms with Crippen molar-refractivity contribution in [3.63, 3.8) is 0 Å². The van der Waals surface area contributed by atoms with Gasteiger partial charge in [0.2, 0.25) is 0 Å². The molecular weight excluding hydrogens is 232 g/mol. The molecule has 0 aliphatic rings. The number of fused-ring (bicyclic) bond motifs is 3. The van der Waals surface area contributed by atoms with Gasteiger partial charge in [-0.1, -0.05) is 11.6 Å². The number of aromatic nitrogens is 3. The number of nitrogens with zero attached hydrogens (tertiary/aromatic N) is 2. The van der Waals surface area contributed by atoms with Crippen molar-refractivity contribution in [2.24, 2.45) is 7.05 Å². The Morgan fingerprint density at radius 1 is 1.28 bits per heavy atom. The predicted molar refractivity (Wildman–Crippen MR) is 70.2 cm³/mol. The summed E-state index contributed by atoms with van der Waals surface area (Å²) in [6.07, 6.45) is 0. The quantitative estimate of drug-likeness (QED) is 0.554. The zero-order chi connectivity index (χ0) is 13.0. The van der Waals surface area contributed by atoms with Crippen molar-refractivity contribution >= 4 is 21.9 Å². The normalized spacial score (nSPS) is 11.4. The number of hydrogen-bond acceptors (Lipinski definition) is 3. The van der Waals surface area contributed by atoms with E-state index in [1.165, 1.54) is 0 Å². The molecule has 0 spiro atoms. The Kier molecular flexibility index (Phi) is 1.92. The highest BCUT2D eigenvalue weighted by molar-refractivity contribution is 6.05. The maximum Gasteiger partial charge on any atom is 0.347 e. The van der Waals surface area contributed by atoms with Crippen LogP contribution >= 0.6 is 0 Å². The molecule has 0 amide bonds. The van der Waals surface area contributed by atoms with Crippen LogP contribution in [0.4, 0.5) is 0 Å². The Morgan fingerprint density at radius 2 is 2.00 bits per heavy atom. The third kappa shape index (κ3) is 1.17. The summed E-state index contributed by atoms with van der Waals surface area (Å²) in [5.74, 6) is 5.42. The van der Waals surface area contributed by atoms with Gasteiger partial charge in [-0.2, -0.15) is 4.68 Å². The molecule has 0 saturated carbocycles. The zero-order valence-corrected chi connectivity index (χ0v) is 10.0. The zero-order valence-electron chi connectivity index (χ0n) is 10.0. The molecule has 0 aliphatic heterocycles. The lowest BCUT2D eigenvalue weighted by Crippen LogP contribution is -2.40. The highest BCUT2D eigenvalue weighted by Crippen LogP contribution is 2.24. The van der Waals surface area contributed by atoms with Crippen LogP contribution in [0.25, 0.3) is 21.9 Å². The Bertz CT molecular complexity index is 898. The topological polar surface area (TPSA) is 85.8 Å². The molecule has 3 rings (SSSR count). The summed E-state index contributed by atoms with van der Waals surface area (Å²) in [6.45, 7) is 1.96. The van der Waals surface area contributed by atoms with Crippen LogP contribution in [0.3, 0.4) is 0 Å². The fourth-order valence-corrected chi connectivity index (χ4v) is 2.31. The number of nitrogens with one attached hydrogen (secondary N) is 1. The first kappa shape index (κ1) is 10.6. The van der Waals surface area contributed by atoms with Crippen LogP contribution in [0.15, 0.2) is 27.8 Å². The van der Waals surface area contributed by atoms with Crippen molar-refractivity contribution in [2.45, 2.75) is 6.92 Å². The van der Waals surface area contributed by atoms with Crippen molar-refractivity contribution in [3.05, 3.63) is 44.6 Å². The highest BCUT2D eigenvalue weighted by atomic mass is 16.2. The van der Waals surface area contributed by atoms with E-state index in [4.69, 9.17) is 5.84 Å². The molecule has 0 aliphatic carbocycles. The van der Waals surface area contributed by atoms with Crippen molar-refractivity contribution in [1.82, 2.24) is 14.2 Å². The average Bonchev–Trinajstić information content (AvgIpc) is 2.60. The van der Waals surface area contributed by atoms with E-state index in [1.54, 1.807) is 11.6 Å². The number of H-pyrrole nitrogens is 1.